The van der Waals surface area contributed by atoms with E-state index in [4.69, 9.17) is 4.74 Å². The molecular weight excluding hydrogens is 370 g/mol. The Bertz CT molecular complexity index is 686. The minimum atomic E-state index is -0.0320. The first-order valence-electron chi connectivity index (χ1n) is 13.4. The summed E-state index contributed by atoms with van der Waals surface area (Å²) in [5.74, 6) is 5.57. The maximum Gasteiger partial charge on any atom is 0.122 e. The summed E-state index contributed by atoms with van der Waals surface area (Å²) in [5.41, 5.74) is 0.919. The van der Waals surface area contributed by atoms with Gasteiger partial charge >= 0.3 is 0 Å². The van der Waals surface area contributed by atoms with Crippen molar-refractivity contribution in [1.29, 1.82) is 0 Å². The summed E-state index contributed by atoms with van der Waals surface area (Å²) in [7, 11) is 0. The van der Waals surface area contributed by atoms with Gasteiger partial charge < -0.3 is 9.84 Å². The van der Waals surface area contributed by atoms with Crippen LogP contribution in [0.25, 0.3) is 0 Å². The second-order valence-corrected chi connectivity index (χ2v) is 13.3. The molecular formula is C27H45NO2. The fraction of sp³-hybridized carbons (Fsp3) is 1.00. The van der Waals surface area contributed by atoms with Gasteiger partial charge in [-0.15, -0.1) is 0 Å². The average molecular weight is 416 g/mol. The van der Waals surface area contributed by atoms with Crippen molar-refractivity contribution in [2.24, 2.45) is 52.3 Å². The molecule has 4 aliphatic carbocycles. The Kier molecular flexibility index (Phi) is 4.58. The predicted octanol–water partition coefficient (Wildman–Crippen LogP) is 5.37. The van der Waals surface area contributed by atoms with Crippen LogP contribution in [0.3, 0.4) is 0 Å². The number of aliphatic hydroxyl groups is 1. The predicted molar refractivity (Wildman–Crippen MR) is 120 cm³/mol. The van der Waals surface area contributed by atoms with Crippen LogP contribution in [0.2, 0.25) is 0 Å². The zero-order valence-electron chi connectivity index (χ0n) is 19.8. The van der Waals surface area contributed by atoms with Gasteiger partial charge in [0.1, 0.15) is 5.72 Å². The van der Waals surface area contributed by atoms with Crippen LogP contribution in [0.4, 0.5) is 0 Å². The molecule has 0 amide bonds. The summed E-state index contributed by atoms with van der Waals surface area (Å²) in [4.78, 5) is 0. The molecule has 2 saturated heterocycles. The molecule has 6 rings (SSSR count). The van der Waals surface area contributed by atoms with Gasteiger partial charge in [-0.25, -0.2) is 0 Å². The van der Waals surface area contributed by atoms with Crippen LogP contribution in [-0.4, -0.2) is 29.6 Å². The number of piperidine rings is 1. The minimum absolute atomic E-state index is 0.0319. The van der Waals surface area contributed by atoms with E-state index in [0.29, 0.717) is 22.9 Å². The van der Waals surface area contributed by atoms with Crippen LogP contribution in [0.5, 0.6) is 0 Å². The molecule has 9 unspecified atom stereocenters. The Morgan fingerprint density at radius 1 is 0.867 bits per heavy atom. The van der Waals surface area contributed by atoms with Crippen LogP contribution in [0.15, 0.2) is 0 Å². The molecule has 4 saturated carbocycles. The molecule has 0 bridgehead atoms. The lowest BCUT2D eigenvalue weighted by Gasteiger charge is -2.61. The molecule has 30 heavy (non-hydrogen) atoms. The minimum Gasteiger partial charge on any atom is -0.393 e. The number of aliphatic hydroxyl groups excluding tert-OH is 1. The third-order valence-electron chi connectivity index (χ3n) is 12.1. The van der Waals surface area contributed by atoms with Gasteiger partial charge in [0, 0.05) is 12.5 Å². The molecule has 12 atom stereocenters. The van der Waals surface area contributed by atoms with Crippen molar-refractivity contribution in [3.8, 4) is 0 Å². The first-order valence-corrected chi connectivity index (χ1v) is 13.4. The molecule has 6 fully saturated rings. The molecule has 0 radical (unpaired) electrons. The topological polar surface area (TPSA) is 41.5 Å². The quantitative estimate of drug-likeness (QED) is 0.559. The van der Waals surface area contributed by atoms with Crippen LogP contribution in [0, 0.1) is 52.3 Å². The first-order chi connectivity index (χ1) is 14.3. The fourth-order valence-electron chi connectivity index (χ4n) is 10.4. The summed E-state index contributed by atoms with van der Waals surface area (Å²) in [6.45, 7) is 11.3. The maximum atomic E-state index is 10.3. The molecule has 0 aromatic heterocycles. The van der Waals surface area contributed by atoms with Gasteiger partial charge in [-0.05, 0) is 111 Å². The van der Waals surface area contributed by atoms with Gasteiger partial charge in [0.15, 0.2) is 0 Å². The van der Waals surface area contributed by atoms with Gasteiger partial charge in [0.25, 0.3) is 0 Å². The van der Waals surface area contributed by atoms with Gasteiger partial charge in [-0.1, -0.05) is 27.7 Å². The summed E-state index contributed by atoms with van der Waals surface area (Å²) < 4.78 is 7.01. The van der Waals surface area contributed by atoms with Crippen LogP contribution in [0.1, 0.15) is 91.9 Å². The van der Waals surface area contributed by atoms with Gasteiger partial charge in [-0.3, -0.25) is 5.32 Å². The molecule has 2 aliphatic heterocycles. The number of ether oxygens (including phenoxy) is 1. The van der Waals surface area contributed by atoms with Crippen molar-refractivity contribution in [2.75, 3.05) is 6.54 Å². The van der Waals surface area contributed by atoms with Crippen molar-refractivity contribution in [1.82, 2.24) is 5.32 Å². The van der Waals surface area contributed by atoms with Crippen molar-refractivity contribution in [3.63, 3.8) is 0 Å². The van der Waals surface area contributed by atoms with E-state index in [0.717, 1.165) is 54.9 Å². The third kappa shape index (κ3) is 2.61. The Balaban J connectivity index is 1.26. The molecule has 3 nitrogen and oxygen atoms in total. The molecule has 0 aromatic carbocycles. The van der Waals surface area contributed by atoms with Gasteiger partial charge in [0.05, 0.1) is 12.2 Å². The van der Waals surface area contributed by atoms with E-state index in [-0.39, 0.29) is 11.8 Å². The van der Waals surface area contributed by atoms with E-state index < -0.39 is 0 Å². The van der Waals surface area contributed by atoms with Crippen molar-refractivity contribution in [3.05, 3.63) is 0 Å². The van der Waals surface area contributed by atoms with Crippen LogP contribution < -0.4 is 5.32 Å². The van der Waals surface area contributed by atoms with Crippen molar-refractivity contribution >= 4 is 0 Å². The smallest absolute Gasteiger partial charge is 0.122 e. The number of rotatable bonds is 0. The highest BCUT2D eigenvalue weighted by atomic mass is 16.5. The summed E-state index contributed by atoms with van der Waals surface area (Å²) in [5, 5.41) is 14.2. The summed E-state index contributed by atoms with van der Waals surface area (Å²) in [6.07, 6.45) is 13.2. The SMILES string of the molecule is CC1C2C(CC3C4CC[C@H]5C[C@@H](O)CCC5(C)C4CCC32C)OC12CC[C@H](C)CN2. The Morgan fingerprint density at radius 2 is 1.67 bits per heavy atom. The van der Waals surface area contributed by atoms with E-state index >= 15 is 0 Å². The second-order valence-electron chi connectivity index (χ2n) is 13.3. The molecule has 2 N–H and O–H groups in total. The monoisotopic (exact) mass is 415 g/mol. The van der Waals surface area contributed by atoms with Gasteiger partial charge in [-0.2, -0.15) is 0 Å². The average Bonchev–Trinajstić information content (AvgIpc) is 3.16. The lowest BCUT2D eigenvalue weighted by Crippen LogP contribution is -2.57. The molecule has 6 aliphatic rings. The summed E-state index contributed by atoms with van der Waals surface area (Å²) >= 11 is 0. The molecule has 2 heterocycles. The van der Waals surface area contributed by atoms with E-state index in [1.165, 1.54) is 51.4 Å². The fourth-order valence-corrected chi connectivity index (χ4v) is 10.4. The molecule has 0 aromatic rings. The van der Waals surface area contributed by atoms with E-state index in [9.17, 15) is 5.11 Å². The molecule has 170 valence electrons. The van der Waals surface area contributed by atoms with E-state index in [2.05, 4.69) is 33.0 Å². The highest BCUT2D eigenvalue weighted by Crippen LogP contribution is 2.71. The molecule has 1 spiro atoms. The Hall–Kier alpha value is -0.120. The van der Waals surface area contributed by atoms with Gasteiger partial charge in [0.2, 0.25) is 0 Å². The zero-order valence-corrected chi connectivity index (χ0v) is 19.8. The lowest BCUT2D eigenvalue weighted by atomic mass is 9.44. The standard InChI is InChI=1S/C27H45NO2/c1-16-7-12-27(28-15-16)17(2)24-23(30-27)14-22-20-6-5-18-13-19(29)8-10-25(18,3)21(20)9-11-26(22,24)4/h16-24,28-29H,5-15H2,1-4H3/t16-,17?,18-,19-,20?,21?,22?,23?,24?,25?,26?,27?/m0/s1. The number of fused-ring (bicyclic) bond motifs is 7. The number of hydrogen-bond acceptors (Lipinski definition) is 3. The number of nitrogens with one attached hydrogen (secondary N) is 1. The highest BCUT2D eigenvalue weighted by molar-refractivity contribution is 5.16. The largest absolute Gasteiger partial charge is 0.393 e. The second kappa shape index (κ2) is 6.70. The van der Waals surface area contributed by atoms with E-state index in [1.54, 1.807) is 0 Å². The number of hydrogen-bond donors (Lipinski definition) is 2. The Morgan fingerprint density at radius 3 is 2.43 bits per heavy atom. The van der Waals surface area contributed by atoms with Crippen molar-refractivity contribution < 1.29 is 9.84 Å². The van der Waals surface area contributed by atoms with Crippen LogP contribution in [-0.2, 0) is 4.74 Å². The first kappa shape index (κ1) is 20.5. The Labute approximate surface area is 184 Å². The van der Waals surface area contributed by atoms with Crippen molar-refractivity contribution in [2.45, 2.75) is 110 Å². The normalized spacial score (nSPS) is 62.5. The van der Waals surface area contributed by atoms with E-state index in [1.807, 2.05) is 0 Å². The third-order valence-corrected chi connectivity index (χ3v) is 12.1. The maximum absolute atomic E-state index is 10.3. The lowest BCUT2D eigenvalue weighted by molar-refractivity contribution is -0.140. The molecule has 3 heteroatoms. The zero-order chi connectivity index (χ0) is 20.9. The summed E-state index contributed by atoms with van der Waals surface area (Å²) in [6, 6.07) is 0. The van der Waals surface area contributed by atoms with Crippen LogP contribution >= 0.6 is 0 Å². The highest BCUT2D eigenvalue weighted by Gasteiger charge is 2.68.